The van der Waals surface area contributed by atoms with Crippen LogP contribution in [0.2, 0.25) is 0 Å². The van der Waals surface area contributed by atoms with Crippen LogP contribution in [0.3, 0.4) is 0 Å². The molecule has 0 bridgehead atoms. The number of hydrogen-bond donors (Lipinski definition) is 1. The summed E-state index contributed by atoms with van der Waals surface area (Å²) in [6.07, 6.45) is 8.48. The summed E-state index contributed by atoms with van der Waals surface area (Å²) in [5.41, 5.74) is 4.40. The largest absolute Gasteiger partial charge is 0.494 e. The fourth-order valence-electron chi connectivity index (χ4n) is 4.51. The van der Waals surface area contributed by atoms with Gasteiger partial charge in [0.15, 0.2) is 0 Å². The number of carbonyl (C=O) groups is 1. The van der Waals surface area contributed by atoms with Crippen molar-refractivity contribution in [2.75, 3.05) is 13.2 Å². The van der Waals surface area contributed by atoms with E-state index in [0.717, 1.165) is 53.9 Å². The van der Waals surface area contributed by atoms with Gasteiger partial charge in [-0.15, -0.1) is 0 Å². The number of imidazole rings is 1. The van der Waals surface area contributed by atoms with Gasteiger partial charge in [-0.05, 0) is 30.5 Å². The monoisotopic (exact) mass is 455 g/mol. The predicted molar refractivity (Wildman–Crippen MR) is 131 cm³/mol. The molecule has 0 spiro atoms. The Bertz CT molecular complexity index is 1220. The molecule has 0 saturated heterocycles. The molecule has 1 unspecified atom stereocenters. The van der Waals surface area contributed by atoms with Gasteiger partial charge in [0.05, 0.1) is 24.7 Å². The van der Waals surface area contributed by atoms with E-state index in [1.165, 1.54) is 0 Å². The van der Waals surface area contributed by atoms with Crippen LogP contribution in [0.15, 0.2) is 73.3 Å². The maximum atomic E-state index is 13.5. The highest BCUT2D eigenvalue weighted by molar-refractivity contribution is 6.00. The molecule has 7 nitrogen and oxygen atoms in total. The summed E-state index contributed by atoms with van der Waals surface area (Å²) in [5, 5.41) is 7.58. The van der Waals surface area contributed by atoms with Crippen molar-refractivity contribution in [1.29, 1.82) is 0 Å². The number of H-pyrrole nitrogens is 1. The highest BCUT2D eigenvalue weighted by Gasteiger charge is 2.41. The van der Waals surface area contributed by atoms with Crippen LogP contribution in [-0.2, 0) is 6.54 Å². The molecule has 1 amide bonds. The van der Waals surface area contributed by atoms with Gasteiger partial charge in [-0.1, -0.05) is 55.8 Å². The maximum absolute atomic E-state index is 13.5. The van der Waals surface area contributed by atoms with E-state index in [-0.39, 0.29) is 11.9 Å². The molecule has 2 aromatic heterocycles. The summed E-state index contributed by atoms with van der Waals surface area (Å²) in [4.78, 5) is 19.5. The summed E-state index contributed by atoms with van der Waals surface area (Å²) in [6, 6.07) is 18.0. The van der Waals surface area contributed by atoms with Gasteiger partial charge in [-0.2, -0.15) is 5.10 Å². The minimum absolute atomic E-state index is 0.0106. The van der Waals surface area contributed by atoms with E-state index in [4.69, 9.17) is 4.74 Å². The molecule has 7 heteroatoms. The molecule has 0 saturated carbocycles. The first-order valence-electron chi connectivity index (χ1n) is 11.9. The molecule has 3 heterocycles. The highest BCUT2D eigenvalue weighted by atomic mass is 16.5. The van der Waals surface area contributed by atoms with Gasteiger partial charge >= 0.3 is 0 Å². The van der Waals surface area contributed by atoms with Gasteiger partial charge in [-0.25, -0.2) is 4.98 Å². The van der Waals surface area contributed by atoms with Gasteiger partial charge in [0.25, 0.3) is 5.91 Å². The molecule has 1 aliphatic heterocycles. The number of unbranched alkanes of at least 4 members (excludes halogenated alkanes) is 1. The lowest BCUT2D eigenvalue weighted by Crippen LogP contribution is -2.31. The molecule has 174 valence electrons. The first-order valence-corrected chi connectivity index (χ1v) is 11.9. The van der Waals surface area contributed by atoms with E-state index in [0.29, 0.717) is 18.8 Å². The topological polar surface area (TPSA) is 76.0 Å². The number of aromatic amines is 1. The maximum Gasteiger partial charge on any atom is 0.273 e. The molecule has 0 fully saturated rings. The average molecular weight is 456 g/mol. The number of hydrogen-bond acceptors (Lipinski definition) is 4. The smallest absolute Gasteiger partial charge is 0.273 e. The molecular formula is C27H29N5O2. The number of benzene rings is 2. The quantitative estimate of drug-likeness (QED) is 0.338. The zero-order valence-corrected chi connectivity index (χ0v) is 19.4. The fourth-order valence-corrected chi connectivity index (χ4v) is 4.51. The van der Waals surface area contributed by atoms with Crippen molar-refractivity contribution in [2.45, 2.75) is 38.8 Å². The Labute approximate surface area is 199 Å². The Hall–Kier alpha value is -3.87. The van der Waals surface area contributed by atoms with Crippen LogP contribution in [0, 0.1) is 0 Å². The highest BCUT2D eigenvalue weighted by Crippen LogP contribution is 2.43. The Morgan fingerprint density at radius 2 is 1.85 bits per heavy atom. The molecule has 2 aromatic carbocycles. The first kappa shape index (κ1) is 21.9. The molecule has 5 rings (SSSR count). The summed E-state index contributed by atoms with van der Waals surface area (Å²) in [5.74, 6) is 0.840. The van der Waals surface area contributed by atoms with Crippen molar-refractivity contribution in [1.82, 2.24) is 24.6 Å². The van der Waals surface area contributed by atoms with E-state index in [2.05, 4.69) is 34.2 Å². The number of nitrogens with one attached hydrogen (secondary N) is 1. The number of ether oxygens (including phenoxy) is 1. The minimum atomic E-state index is -0.205. The van der Waals surface area contributed by atoms with E-state index in [1.807, 2.05) is 58.1 Å². The summed E-state index contributed by atoms with van der Waals surface area (Å²) in [6.45, 7) is 4.30. The lowest BCUT2D eigenvalue weighted by Gasteiger charge is -2.26. The second-order valence-corrected chi connectivity index (χ2v) is 8.55. The second-order valence-electron chi connectivity index (χ2n) is 8.55. The predicted octanol–water partition coefficient (Wildman–Crippen LogP) is 5.09. The molecule has 4 aromatic rings. The number of rotatable bonds is 10. The average Bonchev–Trinajstić information content (AvgIpc) is 3.60. The van der Waals surface area contributed by atoms with Crippen LogP contribution in [0.4, 0.5) is 0 Å². The molecule has 34 heavy (non-hydrogen) atoms. The fraction of sp³-hybridized carbons (Fsp3) is 0.296. The van der Waals surface area contributed by atoms with Crippen LogP contribution < -0.4 is 4.74 Å². The van der Waals surface area contributed by atoms with Gasteiger partial charge in [-0.3, -0.25) is 9.89 Å². The van der Waals surface area contributed by atoms with E-state index in [9.17, 15) is 4.79 Å². The third-order valence-electron chi connectivity index (χ3n) is 6.25. The number of aryl methyl sites for hydroxylation is 1. The zero-order chi connectivity index (χ0) is 23.3. The Balaban J connectivity index is 1.46. The number of aromatic nitrogens is 4. The van der Waals surface area contributed by atoms with Gasteiger partial charge < -0.3 is 14.2 Å². The van der Waals surface area contributed by atoms with Crippen LogP contribution in [0.5, 0.6) is 5.75 Å². The molecule has 1 aliphatic rings. The zero-order valence-electron chi connectivity index (χ0n) is 19.4. The lowest BCUT2D eigenvalue weighted by molar-refractivity contribution is 0.0739. The van der Waals surface area contributed by atoms with Crippen LogP contribution in [0.25, 0.3) is 11.3 Å². The van der Waals surface area contributed by atoms with Gasteiger partial charge in [0.1, 0.15) is 11.4 Å². The minimum Gasteiger partial charge on any atom is -0.494 e. The van der Waals surface area contributed by atoms with Crippen molar-refractivity contribution in [2.24, 2.45) is 0 Å². The summed E-state index contributed by atoms with van der Waals surface area (Å²) >= 11 is 0. The third-order valence-corrected chi connectivity index (χ3v) is 6.25. The van der Waals surface area contributed by atoms with E-state index < -0.39 is 0 Å². The molecule has 0 aliphatic carbocycles. The Morgan fingerprint density at radius 1 is 1.03 bits per heavy atom. The summed E-state index contributed by atoms with van der Waals surface area (Å²) in [7, 11) is 0. The normalized spacial score (nSPS) is 15.0. The molecular weight excluding hydrogens is 426 g/mol. The van der Waals surface area contributed by atoms with E-state index in [1.54, 1.807) is 12.5 Å². The van der Waals surface area contributed by atoms with Crippen molar-refractivity contribution >= 4 is 5.91 Å². The third kappa shape index (κ3) is 4.33. The van der Waals surface area contributed by atoms with Crippen molar-refractivity contribution in [3.05, 3.63) is 90.1 Å². The molecule has 1 N–H and O–H groups in total. The molecule has 0 radical (unpaired) electrons. The van der Waals surface area contributed by atoms with Crippen LogP contribution in [0.1, 0.15) is 53.8 Å². The number of fused-ring (bicyclic) bond motifs is 1. The van der Waals surface area contributed by atoms with Crippen LogP contribution in [-0.4, -0.2) is 43.7 Å². The number of amides is 1. The molecule has 1 atom stereocenters. The summed E-state index contributed by atoms with van der Waals surface area (Å²) < 4.78 is 7.89. The van der Waals surface area contributed by atoms with E-state index >= 15 is 0 Å². The SMILES string of the molecule is CCCCOc1ccc(C2c3c(-c4ccccc4)n[nH]c3C(=O)N2CCCn2ccnc2)cc1. The Kier molecular flexibility index (Phi) is 6.42. The lowest BCUT2D eigenvalue weighted by atomic mass is 9.96. The van der Waals surface area contributed by atoms with Crippen molar-refractivity contribution in [3.63, 3.8) is 0 Å². The Morgan fingerprint density at radius 3 is 2.59 bits per heavy atom. The second kappa shape index (κ2) is 9.95. The first-order chi connectivity index (χ1) is 16.8. The number of carbonyl (C=O) groups excluding carboxylic acids is 1. The van der Waals surface area contributed by atoms with Gasteiger partial charge in [0, 0.05) is 36.6 Å². The van der Waals surface area contributed by atoms with Gasteiger partial charge in [0.2, 0.25) is 0 Å². The van der Waals surface area contributed by atoms with Crippen LogP contribution >= 0.6 is 0 Å². The number of nitrogens with zero attached hydrogens (tertiary/aromatic N) is 4. The van der Waals surface area contributed by atoms with Crippen molar-refractivity contribution < 1.29 is 9.53 Å². The van der Waals surface area contributed by atoms with Crippen molar-refractivity contribution in [3.8, 4) is 17.0 Å². The standard InChI is InChI=1S/C27H29N5O2/c1-2-3-18-34-22-12-10-21(11-13-22)26-23-24(20-8-5-4-6-9-20)29-30-25(23)27(33)32(26)16-7-15-31-17-14-28-19-31/h4-6,8-14,17,19,26H,2-3,7,15-16,18H2,1H3,(H,29,30).